The monoisotopic (exact) mass is 292 g/mol. The summed E-state index contributed by atoms with van der Waals surface area (Å²) < 4.78 is 0. The van der Waals surface area contributed by atoms with E-state index in [2.05, 4.69) is 6.92 Å². The maximum atomic E-state index is 10.4. The zero-order chi connectivity index (χ0) is 13.9. The van der Waals surface area contributed by atoms with E-state index in [1.165, 1.54) is 64.2 Å². The Morgan fingerprint density at radius 2 is 1.55 bits per heavy atom. The molecule has 1 aliphatic rings. The van der Waals surface area contributed by atoms with Gasteiger partial charge in [0.15, 0.2) is 0 Å². The van der Waals surface area contributed by atoms with Crippen LogP contribution in [0.3, 0.4) is 0 Å². The first-order valence-corrected chi connectivity index (χ1v) is 8.44. The molecule has 0 bridgehead atoms. The Kier molecular flexibility index (Phi) is 13.5. The Bertz CT molecular complexity index is 249. The van der Waals surface area contributed by atoms with Crippen molar-refractivity contribution in [2.45, 2.75) is 90.4 Å². The average Bonchev–Trinajstić information content (AvgIpc) is 2.82. The third-order valence-electron chi connectivity index (χ3n) is 4.62. The molecule has 3 heteroatoms. The summed E-state index contributed by atoms with van der Waals surface area (Å²) in [6, 6.07) is 0. The summed E-state index contributed by atoms with van der Waals surface area (Å²) in [5.74, 6) is 1.30. The number of carbonyl (C=O) groups is 1. The molecule has 0 amide bonds. The predicted octanol–water partition coefficient (Wildman–Crippen LogP) is 2.52. The van der Waals surface area contributed by atoms with Crippen molar-refractivity contribution in [3.05, 3.63) is 0 Å². The molecule has 1 rings (SSSR count). The number of rotatable bonds is 11. The third-order valence-corrected chi connectivity index (χ3v) is 4.62. The molecule has 0 aromatic carbocycles. The van der Waals surface area contributed by atoms with Gasteiger partial charge in [0, 0.05) is 6.42 Å². The molecule has 1 fully saturated rings. The van der Waals surface area contributed by atoms with E-state index in [-0.39, 0.29) is 31.0 Å². The Balaban J connectivity index is 0. The first-order valence-electron chi connectivity index (χ1n) is 8.44. The fraction of sp³-hybridized carbons (Fsp3) is 0.941. The summed E-state index contributed by atoms with van der Waals surface area (Å²) in [5.41, 5.74) is 0. The SMILES string of the molecule is CCCCCCC1CCC(CCCCCC(=O)O)C1.[H-].[Na+]. The van der Waals surface area contributed by atoms with Gasteiger partial charge in [-0.25, -0.2) is 0 Å². The standard InChI is InChI=1S/C17H32O2.Na.H/c1-2-3-4-6-9-15-12-13-16(14-15)10-7-5-8-11-17(18)19;;/h15-16H,2-14H2,1H3,(H,18,19);;/q;+1;-1. The number of carboxylic acids is 1. The van der Waals surface area contributed by atoms with Gasteiger partial charge in [-0.3, -0.25) is 4.79 Å². The molecule has 0 heterocycles. The van der Waals surface area contributed by atoms with E-state index >= 15 is 0 Å². The molecule has 0 aromatic rings. The molecule has 20 heavy (non-hydrogen) atoms. The van der Waals surface area contributed by atoms with Crippen molar-refractivity contribution in [1.82, 2.24) is 0 Å². The molecule has 0 spiro atoms. The van der Waals surface area contributed by atoms with Gasteiger partial charge >= 0.3 is 35.5 Å². The second kappa shape index (κ2) is 13.2. The molecule has 2 unspecified atom stereocenters. The van der Waals surface area contributed by atoms with Gasteiger partial charge in [-0.05, 0) is 24.7 Å². The fourth-order valence-electron chi connectivity index (χ4n) is 3.45. The van der Waals surface area contributed by atoms with Crippen molar-refractivity contribution < 1.29 is 40.9 Å². The van der Waals surface area contributed by atoms with Crippen LogP contribution in [0.2, 0.25) is 0 Å². The van der Waals surface area contributed by atoms with E-state index in [1.807, 2.05) is 0 Å². The van der Waals surface area contributed by atoms with E-state index in [4.69, 9.17) is 5.11 Å². The molecule has 0 radical (unpaired) electrons. The maximum absolute atomic E-state index is 10.4. The Morgan fingerprint density at radius 3 is 2.05 bits per heavy atom. The molecular formula is C17H33NaO2. The second-order valence-corrected chi connectivity index (χ2v) is 6.39. The van der Waals surface area contributed by atoms with Crippen LogP contribution < -0.4 is 29.6 Å². The minimum absolute atomic E-state index is 0. The normalized spacial score (nSPS) is 21.6. The number of carboxylic acid groups (broad SMARTS) is 1. The summed E-state index contributed by atoms with van der Waals surface area (Å²) in [6.45, 7) is 2.27. The van der Waals surface area contributed by atoms with Crippen LogP contribution in [-0.4, -0.2) is 11.1 Å². The number of aliphatic carboxylic acids is 1. The fourth-order valence-corrected chi connectivity index (χ4v) is 3.45. The molecule has 1 N–H and O–H groups in total. The molecule has 2 nitrogen and oxygen atoms in total. The van der Waals surface area contributed by atoms with Gasteiger partial charge in [0.05, 0.1) is 0 Å². The van der Waals surface area contributed by atoms with Crippen LogP contribution >= 0.6 is 0 Å². The van der Waals surface area contributed by atoms with Gasteiger partial charge in [-0.15, -0.1) is 0 Å². The predicted molar refractivity (Wildman–Crippen MR) is 81.4 cm³/mol. The van der Waals surface area contributed by atoms with E-state index in [9.17, 15) is 4.79 Å². The van der Waals surface area contributed by atoms with Crippen molar-refractivity contribution in [2.75, 3.05) is 0 Å². The zero-order valence-corrected chi connectivity index (χ0v) is 15.7. The quantitative estimate of drug-likeness (QED) is 0.469. The number of hydrogen-bond acceptors (Lipinski definition) is 1. The third kappa shape index (κ3) is 10.2. The van der Waals surface area contributed by atoms with Gasteiger partial charge in [0.2, 0.25) is 0 Å². The zero-order valence-electron chi connectivity index (χ0n) is 14.7. The Morgan fingerprint density at radius 1 is 1.00 bits per heavy atom. The van der Waals surface area contributed by atoms with Crippen LogP contribution in [0.1, 0.15) is 91.8 Å². The molecule has 0 aromatic heterocycles. The topological polar surface area (TPSA) is 37.3 Å². The van der Waals surface area contributed by atoms with Crippen LogP contribution in [0.5, 0.6) is 0 Å². The molecule has 0 saturated heterocycles. The van der Waals surface area contributed by atoms with Crippen LogP contribution in [0.4, 0.5) is 0 Å². The first-order chi connectivity index (χ1) is 9.22. The van der Waals surface area contributed by atoms with Crippen LogP contribution in [-0.2, 0) is 4.79 Å². The maximum Gasteiger partial charge on any atom is 1.00 e. The molecule has 1 aliphatic carbocycles. The van der Waals surface area contributed by atoms with Gasteiger partial charge in [-0.1, -0.05) is 71.1 Å². The summed E-state index contributed by atoms with van der Waals surface area (Å²) in [7, 11) is 0. The van der Waals surface area contributed by atoms with Crippen LogP contribution in [0.15, 0.2) is 0 Å². The first kappa shape index (κ1) is 20.5. The minimum Gasteiger partial charge on any atom is -1.00 e. The number of hydrogen-bond donors (Lipinski definition) is 1. The smallest absolute Gasteiger partial charge is 1.00 e. The Labute approximate surface area is 148 Å². The van der Waals surface area contributed by atoms with Gasteiger partial charge < -0.3 is 6.53 Å². The summed E-state index contributed by atoms with van der Waals surface area (Å²) >= 11 is 0. The Hall–Kier alpha value is 0.470. The van der Waals surface area contributed by atoms with Crippen LogP contribution in [0, 0.1) is 11.8 Å². The van der Waals surface area contributed by atoms with Gasteiger partial charge in [0.1, 0.15) is 0 Å². The van der Waals surface area contributed by atoms with E-state index in [0.29, 0.717) is 6.42 Å². The average molecular weight is 292 g/mol. The molecule has 114 valence electrons. The van der Waals surface area contributed by atoms with Crippen molar-refractivity contribution in [3.63, 3.8) is 0 Å². The molecule has 2 atom stereocenters. The number of unbranched alkanes of at least 4 members (excludes halogenated alkanes) is 5. The van der Waals surface area contributed by atoms with Crippen LogP contribution in [0.25, 0.3) is 0 Å². The van der Waals surface area contributed by atoms with Gasteiger partial charge in [0.25, 0.3) is 0 Å². The summed E-state index contributed by atoms with van der Waals surface area (Å²) in [6.07, 6.45) is 16.3. The van der Waals surface area contributed by atoms with Crippen molar-refractivity contribution in [2.24, 2.45) is 11.8 Å². The summed E-state index contributed by atoms with van der Waals surface area (Å²) in [4.78, 5) is 10.4. The molecule has 1 saturated carbocycles. The van der Waals surface area contributed by atoms with Crippen molar-refractivity contribution >= 4 is 5.97 Å². The summed E-state index contributed by atoms with van der Waals surface area (Å²) in [5, 5.41) is 8.58. The van der Waals surface area contributed by atoms with Crippen molar-refractivity contribution in [1.29, 1.82) is 0 Å². The van der Waals surface area contributed by atoms with Gasteiger partial charge in [-0.2, -0.15) is 0 Å². The van der Waals surface area contributed by atoms with E-state index in [0.717, 1.165) is 24.7 Å². The van der Waals surface area contributed by atoms with E-state index < -0.39 is 5.97 Å². The minimum atomic E-state index is -0.645. The molecule has 0 aliphatic heterocycles. The van der Waals surface area contributed by atoms with E-state index in [1.54, 1.807) is 0 Å². The van der Waals surface area contributed by atoms with Crippen molar-refractivity contribution in [3.8, 4) is 0 Å². The second-order valence-electron chi connectivity index (χ2n) is 6.39. The molecular weight excluding hydrogens is 259 g/mol. The largest absolute Gasteiger partial charge is 1.00 e.